The van der Waals surface area contributed by atoms with Crippen LogP contribution in [-0.4, -0.2) is 18.1 Å². The second kappa shape index (κ2) is 11.9. The number of halogens is 3. The molecule has 2 N–H and O–H groups in total. The van der Waals surface area contributed by atoms with Crippen LogP contribution in [0.25, 0.3) is 10.9 Å². The van der Waals surface area contributed by atoms with Gasteiger partial charge in [-0.2, -0.15) is 0 Å². The van der Waals surface area contributed by atoms with Crippen LogP contribution in [-0.2, 0) is 6.61 Å². The molecule has 1 aromatic heterocycles. The number of nitrogens with zero attached hydrogens (tertiary/aromatic N) is 1. The third kappa shape index (κ3) is 6.22. The summed E-state index contributed by atoms with van der Waals surface area (Å²) in [6, 6.07) is 21.8. The zero-order valence-corrected chi connectivity index (χ0v) is 21.8. The Morgan fingerprint density at radius 3 is 2.40 bits per heavy atom. The number of fused-ring (bicyclic) bond motifs is 1. The van der Waals surface area contributed by atoms with E-state index in [2.05, 4.69) is 15.6 Å². The number of pyridine rings is 1. The molecular formula is C30H22ClF2N3O4. The first-order valence-electron chi connectivity index (χ1n) is 12.0. The van der Waals surface area contributed by atoms with Gasteiger partial charge in [0.1, 0.15) is 29.7 Å². The van der Waals surface area contributed by atoms with Crippen molar-refractivity contribution in [2.75, 3.05) is 17.7 Å². The Bertz CT molecular complexity index is 1690. The van der Waals surface area contributed by atoms with Crippen molar-refractivity contribution < 1.29 is 27.8 Å². The van der Waals surface area contributed by atoms with Crippen molar-refractivity contribution >= 4 is 39.9 Å². The molecule has 2 amide bonds. The van der Waals surface area contributed by atoms with Crippen LogP contribution in [0.1, 0.15) is 5.56 Å². The summed E-state index contributed by atoms with van der Waals surface area (Å²) < 4.78 is 44.6. The molecule has 0 radical (unpaired) electrons. The monoisotopic (exact) mass is 561 g/mol. The molecule has 0 saturated carbocycles. The van der Waals surface area contributed by atoms with Gasteiger partial charge < -0.3 is 24.8 Å². The number of carbonyl (C=O) groups is 1. The molecule has 0 aliphatic carbocycles. The highest BCUT2D eigenvalue weighted by Crippen LogP contribution is 2.38. The Labute approximate surface area is 233 Å². The molecule has 1 heterocycles. The molecule has 40 heavy (non-hydrogen) atoms. The van der Waals surface area contributed by atoms with Crippen molar-refractivity contribution in [1.82, 2.24) is 4.98 Å². The third-order valence-corrected chi connectivity index (χ3v) is 6.13. The van der Waals surface area contributed by atoms with Crippen LogP contribution < -0.4 is 24.8 Å². The number of anilines is 2. The normalized spacial score (nSPS) is 10.7. The fraction of sp³-hybridized carbons (Fsp3) is 0.0667. The van der Waals surface area contributed by atoms with Crippen LogP contribution in [0.3, 0.4) is 0 Å². The minimum absolute atomic E-state index is 0.177. The molecule has 0 saturated heterocycles. The second-order valence-corrected chi connectivity index (χ2v) is 8.96. The molecule has 5 rings (SSSR count). The SMILES string of the molecule is COc1cc2c(Oc3ccc(NC(=O)Nc4ccc(F)cc4F)c(Cl)c3)ccnc2cc1OCc1ccccc1. The zero-order chi connectivity index (χ0) is 28.1. The maximum Gasteiger partial charge on any atom is 0.323 e. The van der Waals surface area contributed by atoms with Crippen molar-refractivity contribution in [3.05, 3.63) is 113 Å². The molecule has 0 fully saturated rings. The summed E-state index contributed by atoms with van der Waals surface area (Å²) in [4.78, 5) is 16.7. The fourth-order valence-corrected chi connectivity index (χ4v) is 4.10. The Hall–Kier alpha value is -4.89. The average Bonchev–Trinajstić information content (AvgIpc) is 2.95. The summed E-state index contributed by atoms with van der Waals surface area (Å²) in [6.45, 7) is 0.370. The Morgan fingerprint density at radius 2 is 1.65 bits per heavy atom. The summed E-state index contributed by atoms with van der Waals surface area (Å²) >= 11 is 6.37. The maximum absolute atomic E-state index is 13.8. The molecule has 0 unspecified atom stereocenters. The van der Waals surface area contributed by atoms with Gasteiger partial charge in [0.05, 0.1) is 29.0 Å². The fourth-order valence-electron chi connectivity index (χ4n) is 3.88. The molecule has 0 bridgehead atoms. The largest absolute Gasteiger partial charge is 0.493 e. The van der Waals surface area contributed by atoms with E-state index in [1.807, 2.05) is 30.3 Å². The number of amides is 2. The number of nitrogens with one attached hydrogen (secondary N) is 2. The van der Waals surface area contributed by atoms with Gasteiger partial charge >= 0.3 is 6.03 Å². The van der Waals surface area contributed by atoms with Crippen LogP contribution in [0, 0.1) is 11.6 Å². The van der Waals surface area contributed by atoms with Crippen LogP contribution in [0.4, 0.5) is 25.0 Å². The van der Waals surface area contributed by atoms with Gasteiger partial charge in [0.25, 0.3) is 0 Å². The summed E-state index contributed by atoms with van der Waals surface area (Å²) in [6.07, 6.45) is 1.61. The second-order valence-electron chi connectivity index (χ2n) is 8.55. The lowest BCUT2D eigenvalue weighted by atomic mass is 10.1. The van der Waals surface area contributed by atoms with Gasteiger partial charge in [-0.1, -0.05) is 41.9 Å². The van der Waals surface area contributed by atoms with Crippen molar-refractivity contribution in [3.63, 3.8) is 0 Å². The summed E-state index contributed by atoms with van der Waals surface area (Å²) in [5, 5.41) is 5.70. The summed E-state index contributed by atoms with van der Waals surface area (Å²) in [7, 11) is 1.56. The van der Waals surface area contributed by atoms with Crippen LogP contribution in [0.2, 0.25) is 5.02 Å². The van der Waals surface area contributed by atoms with Gasteiger partial charge in [0.15, 0.2) is 11.5 Å². The minimum atomic E-state index is -0.902. The molecular weight excluding hydrogens is 540 g/mol. The lowest BCUT2D eigenvalue weighted by Crippen LogP contribution is -2.20. The van der Waals surface area contributed by atoms with E-state index >= 15 is 0 Å². The van der Waals surface area contributed by atoms with E-state index in [0.29, 0.717) is 46.6 Å². The number of methoxy groups -OCH3 is 1. The molecule has 5 aromatic rings. The highest BCUT2D eigenvalue weighted by Gasteiger charge is 2.14. The van der Waals surface area contributed by atoms with Gasteiger partial charge in [0.2, 0.25) is 0 Å². The number of hydrogen-bond acceptors (Lipinski definition) is 5. The first-order valence-corrected chi connectivity index (χ1v) is 12.4. The summed E-state index contributed by atoms with van der Waals surface area (Å²) in [5.41, 5.74) is 1.74. The van der Waals surface area contributed by atoms with Crippen molar-refractivity contribution in [2.45, 2.75) is 6.61 Å². The van der Waals surface area contributed by atoms with Crippen LogP contribution >= 0.6 is 11.6 Å². The van der Waals surface area contributed by atoms with Crippen molar-refractivity contribution in [1.29, 1.82) is 0 Å². The van der Waals surface area contributed by atoms with Gasteiger partial charge in [0, 0.05) is 29.8 Å². The molecule has 0 aliphatic heterocycles. The van der Waals surface area contributed by atoms with Gasteiger partial charge in [-0.05, 0) is 42.0 Å². The molecule has 7 nitrogen and oxygen atoms in total. The topological polar surface area (TPSA) is 81.7 Å². The predicted molar refractivity (Wildman–Crippen MR) is 150 cm³/mol. The molecule has 10 heteroatoms. The third-order valence-electron chi connectivity index (χ3n) is 5.82. The van der Waals surface area contributed by atoms with Gasteiger partial charge in [-0.3, -0.25) is 4.98 Å². The van der Waals surface area contributed by atoms with Crippen LogP contribution in [0.5, 0.6) is 23.0 Å². The average molecular weight is 562 g/mol. The lowest BCUT2D eigenvalue weighted by Gasteiger charge is -2.15. The highest BCUT2D eigenvalue weighted by molar-refractivity contribution is 6.34. The van der Waals surface area contributed by atoms with Gasteiger partial charge in [-0.15, -0.1) is 0 Å². The molecule has 202 valence electrons. The molecule has 0 aliphatic rings. The van der Waals surface area contributed by atoms with E-state index < -0.39 is 17.7 Å². The smallest absolute Gasteiger partial charge is 0.323 e. The predicted octanol–water partition coefficient (Wildman–Crippen LogP) is 8.19. The lowest BCUT2D eigenvalue weighted by molar-refractivity contribution is 0.262. The van der Waals surface area contributed by atoms with E-state index in [-0.39, 0.29) is 16.4 Å². The molecule has 0 spiro atoms. The number of carbonyl (C=O) groups excluding carboxylic acids is 1. The Kier molecular flexibility index (Phi) is 7.93. The standard InChI is InChI=1S/C30H22ClF2N3O4/c1-38-28-15-21-26(16-29(28)39-17-18-5-3-2-4-6-18)34-12-11-27(21)40-20-8-10-24(22(31)14-20)35-30(37)36-25-9-7-19(32)13-23(25)33/h2-16H,17H2,1H3,(H2,35,36,37). The Balaban J connectivity index is 1.31. The van der Waals surface area contributed by atoms with Gasteiger partial charge in [-0.25, -0.2) is 13.6 Å². The van der Waals surface area contributed by atoms with Crippen LogP contribution in [0.15, 0.2) is 91.1 Å². The van der Waals surface area contributed by atoms with E-state index in [9.17, 15) is 13.6 Å². The molecule has 4 aromatic carbocycles. The maximum atomic E-state index is 13.8. The first kappa shape index (κ1) is 26.7. The molecule has 0 atom stereocenters. The number of urea groups is 1. The van der Waals surface area contributed by atoms with E-state index in [4.69, 9.17) is 25.8 Å². The Morgan fingerprint density at radius 1 is 0.875 bits per heavy atom. The number of hydrogen-bond donors (Lipinski definition) is 2. The van der Waals surface area contributed by atoms with E-state index in [1.165, 1.54) is 12.1 Å². The van der Waals surface area contributed by atoms with Crippen molar-refractivity contribution in [2.24, 2.45) is 0 Å². The van der Waals surface area contributed by atoms with E-state index in [0.717, 1.165) is 17.7 Å². The minimum Gasteiger partial charge on any atom is -0.493 e. The highest BCUT2D eigenvalue weighted by atomic mass is 35.5. The zero-order valence-electron chi connectivity index (χ0n) is 21.1. The number of rotatable bonds is 8. The number of ether oxygens (including phenoxy) is 3. The number of aromatic nitrogens is 1. The summed E-state index contributed by atoms with van der Waals surface area (Å²) in [5.74, 6) is 0.305. The van der Waals surface area contributed by atoms with Crippen molar-refractivity contribution in [3.8, 4) is 23.0 Å². The quantitative estimate of drug-likeness (QED) is 0.200. The van der Waals surface area contributed by atoms with E-state index in [1.54, 1.807) is 37.6 Å². The number of benzene rings is 4. The first-order chi connectivity index (χ1) is 19.4.